The second kappa shape index (κ2) is 5.67. The second-order valence-corrected chi connectivity index (χ2v) is 8.05. The maximum atomic E-state index is 12.3. The molecule has 0 aliphatic rings. The Morgan fingerprint density at radius 2 is 1.90 bits per heavy atom. The molecule has 0 spiro atoms. The smallest absolute Gasteiger partial charge is 0.261 e. The molecule has 21 heavy (non-hydrogen) atoms. The van der Waals surface area contributed by atoms with Crippen LogP contribution in [0.4, 0.5) is 5.69 Å². The molecule has 0 bridgehead atoms. The Kier molecular flexibility index (Phi) is 3.88. The average molecular weight is 336 g/mol. The normalized spacial score (nSPS) is 11.7. The molecule has 0 amide bonds. The van der Waals surface area contributed by atoms with E-state index in [9.17, 15) is 8.42 Å². The van der Waals surface area contributed by atoms with E-state index in [2.05, 4.69) is 9.71 Å². The summed E-state index contributed by atoms with van der Waals surface area (Å²) in [4.78, 5) is 4.68. The Morgan fingerprint density at radius 1 is 1.14 bits per heavy atom. The number of rotatable bonds is 4. The van der Waals surface area contributed by atoms with Crippen molar-refractivity contribution in [2.24, 2.45) is 0 Å². The number of hydrogen-bond acceptors (Lipinski definition) is 5. The lowest BCUT2D eigenvalue weighted by molar-refractivity contribution is 0.601. The highest BCUT2D eigenvalue weighted by molar-refractivity contribution is 8.00. The van der Waals surface area contributed by atoms with Crippen LogP contribution in [0.2, 0.25) is 0 Å². The number of sulfonamides is 1. The number of fused-ring (bicyclic) bond motifs is 1. The van der Waals surface area contributed by atoms with Crippen LogP contribution in [0.5, 0.6) is 0 Å². The predicted octanol–water partition coefficient (Wildman–Crippen LogP) is 3.82. The van der Waals surface area contributed by atoms with Crippen LogP contribution in [0.3, 0.4) is 0 Å². The maximum Gasteiger partial charge on any atom is 0.261 e. The van der Waals surface area contributed by atoms with Gasteiger partial charge in [0.2, 0.25) is 0 Å². The van der Waals surface area contributed by atoms with E-state index in [-0.39, 0.29) is 4.90 Å². The molecule has 108 valence electrons. The van der Waals surface area contributed by atoms with E-state index in [4.69, 9.17) is 0 Å². The molecular formula is C14H12N2O2S3. The molecule has 0 saturated heterocycles. The number of hydrogen-bond donors (Lipinski definition) is 1. The zero-order chi connectivity index (χ0) is 14.9. The van der Waals surface area contributed by atoms with Gasteiger partial charge in [-0.3, -0.25) is 4.72 Å². The van der Waals surface area contributed by atoms with Crippen LogP contribution in [-0.2, 0) is 10.0 Å². The van der Waals surface area contributed by atoms with Crippen LogP contribution in [0.1, 0.15) is 0 Å². The summed E-state index contributed by atoms with van der Waals surface area (Å²) in [6, 6.07) is 13.7. The van der Waals surface area contributed by atoms with Crippen molar-refractivity contribution in [3.05, 3.63) is 48.5 Å². The minimum absolute atomic E-state index is 0.249. The van der Waals surface area contributed by atoms with Gasteiger partial charge in [0.15, 0.2) is 4.34 Å². The first-order valence-corrected chi connectivity index (χ1v) is 9.63. The quantitative estimate of drug-likeness (QED) is 0.736. The molecule has 1 N–H and O–H groups in total. The van der Waals surface area contributed by atoms with Gasteiger partial charge in [-0.15, -0.1) is 11.3 Å². The highest BCUT2D eigenvalue weighted by Crippen LogP contribution is 2.30. The molecule has 4 nitrogen and oxygen atoms in total. The van der Waals surface area contributed by atoms with Gasteiger partial charge in [0.1, 0.15) is 0 Å². The number of benzene rings is 2. The number of anilines is 1. The first-order chi connectivity index (χ1) is 10.1. The standard InChI is InChI=1S/C14H12N2O2S3/c1-19-14-15-12-8-7-10(9-13(12)20-14)16-21(17,18)11-5-3-2-4-6-11/h2-9,16H,1H3. The predicted molar refractivity (Wildman–Crippen MR) is 88.7 cm³/mol. The van der Waals surface area contributed by atoms with Gasteiger partial charge >= 0.3 is 0 Å². The Morgan fingerprint density at radius 3 is 2.62 bits per heavy atom. The number of aromatic nitrogens is 1. The Bertz CT molecular complexity index is 874. The van der Waals surface area contributed by atoms with Gasteiger partial charge in [0.25, 0.3) is 10.0 Å². The Balaban J connectivity index is 1.94. The van der Waals surface area contributed by atoms with Crippen molar-refractivity contribution >= 4 is 49.0 Å². The molecule has 0 radical (unpaired) electrons. The van der Waals surface area contributed by atoms with Crippen molar-refractivity contribution in [2.45, 2.75) is 9.24 Å². The van der Waals surface area contributed by atoms with Crippen molar-refractivity contribution in [1.82, 2.24) is 4.98 Å². The lowest BCUT2D eigenvalue weighted by Crippen LogP contribution is -2.12. The van der Waals surface area contributed by atoms with Crippen LogP contribution >= 0.6 is 23.1 Å². The fraction of sp³-hybridized carbons (Fsp3) is 0.0714. The van der Waals surface area contributed by atoms with Gasteiger partial charge in [0.05, 0.1) is 20.8 Å². The molecule has 0 saturated carbocycles. The topological polar surface area (TPSA) is 59.1 Å². The third-order valence-corrected chi connectivity index (χ3v) is 6.25. The lowest BCUT2D eigenvalue weighted by atomic mass is 10.3. The second-order valence-electron chi connectivity index (χ2n) is 4.28. The van der Waals surface area contributed by atoms with Crippen LogP contribution < -0.4 is 4.72 Å². The molecule has 0 unspecified atom stereocenters. The number of nitrogens with one attached hydrogen (secondary N) is 1. The van der Waals surface area contributed by atoms with Crippen molar-refractivity contribution in [3.8, 4) is 0 Å². The summed E-state index contributed by atoms with van der Waals surface area (Å²) in [6.45, 7) is 0. The van der Waals surface area contributed by atoms with Gasteiger partial charge in [0, 0.05) is 0 Å². The fourth-order valence-electron chi connectivity index (χ4n) is 1.87. The van der Waals surface area contributed by atoms with Crippen molar-refractivity contribution in [2.75, 3.05) is 11.0 Å². The summed E-state index contributed by atoms with van der Waals surface area (Å²) in [5, 5.41) is 0. The Hall–Kier alpha value is -1.57. The first kappa shape index (κ1) is 14.4. The first-order valence-electron chi connectivity index (χ1n) is 6.11. The number of nitrogens with zero attached hydrogens (tertiary/aromatic N) is 1. The number of thiazole rings is 1. The zero-order valence-corrected chi connectivity index (χ0v) is 13.6. The summed E-state index contributed by atoms with van der Waals surface area (Å²) < 4.78 is 29.1. The summed E-state index contributed by atoms with van der Waals surface area (Å²) >= 11 is 3.13. The average Bonchev–Trinajstić information content (AvgIpc) is 2.90. The van der Waals surface area contributed by atoms with Gasteiger partial charge < -0.3 is 0 Å². The van der Waals surface area contributed by atoms with E-state index in [1.807, 2.05) is 18.4 Å². The molecule has 0 aliphatic carbocycles. The lowest BCUT2D eigenvalue weighted by Gasteiger charge is -2.07. The molecule has 0 atom stereocenters. The summed E-state index contributed by atoms with van der Waals surface area (Å²) in [5.74, 6) is 0. The fourth-order valence-corrected chi connectivity index (χ4v) is 4.47. The highest BCUT2D eigenvalue weighted by Gasteiger charge is 2.14. The van der Waals surface area contributed by atoms with E-state index >= 15 is 0 Å². The summed E-state index contributed by atoms with van der Waals surface area (Å²) in [6.07, 6.45) is 1.97. The Labute approximate surface area is 131 Å². The molecule has 0 aliphatic heterocycles. The van der Waals surface area contributed by atoms with Crippen LogP contribution in [0.15, 0.2) is 57.8 Å². The van der Waals surface area contributed by atoms with Gasteiger partial charge in [-0.2, -0.15) is 0 Å². The minimum atomic E-state index is -3.55. The summed E-state index contributed by atoms with van der Waals surface area (Å²) in [5.41, 5.74) is 1.43. The molecule has 3 aromatic rings. The van der Waals surface area contributed by atoms with E-state index in [0.29, 0.717) is 5.69 Å². The maximum absolute atomic E-state index is 12.3. The van der Waals surface area contributed by atoms with Crippen molar-refractivity contribution in [3.63, 3.8) is 0 Å². The molecule has 0 fully saturated rings. The third kappa shape index (κ3) is 3.04. The molecule has 3 rings (SSSR count). The minimum Gasteiger partial charge on any atom is -0.280 e. The monoisotopic (exact) mass is 336 g/mol. The van der Waals surface area contributed by atoms with Crippen LogP contribution in [-0.4, -0.2) is 19.7 Å². The molecule has 1 aromatic heterocycles. The molecule has 2 aromatic carbocycles. The number of thioether (sulfide) groups is 1. The van der Waals surface area contributed by atoms with E-state index in [1.54, 1.807) is 59.5 Å². The molecule has 7 heteroatoms. The highest BCUT2D eigenvalue weighted by atomic mass is 32.2. The SMILES string of the molecule is CSc1nc2ccc(NS(=O)(=O)c3ccccc3)cc2s1. The summed E-state index contributed by atoms with van der Waals surface area (Å²) in [7, 11) is -3.55. The molecule has 1 heterocycles. The van der Waals surface area contributed by atoms with Crippen LogP contribution in [0.25, 0.3) is 10.2 Å². The van der Waals surface area contributed by atoms with E-state index in [1.165, 1.54) is 0 Å². The van der Waals surface area contributed by atoms with Gasteiger partial charge in [-0.1, -0.05) is 30.0 Å². The van der Waals surface area contributed by atoms with Crippen LogP contribution in [0, 0.1) is 0 Å². The molecular weight excluding hydrogens is 324 g/mol. The largest absolute Gasteiger partial charge is 0.280 e. The van der Waals surface area contributed by atoms with Crippen molar-refractivity contribution < 1.29 is 8.42 Å². The van der Waals surface area contributed by atoms with E-state index in [0.717, 1.165) is 14.6 Å². The third-order valence-electron chi connectivity index (χ3n) is 2.85. The van der Waals surface area contributed by atoms with Crippen molar-refractivity contribution in [1.29, 1.82) is 0 Å². The van der Waals surface area contributed by atoms with Gasteiger partial charge in [-0.25, -0.2) is 13.4 Å². The zero-order valence-electron chi connectivity index (χ0n) is 11.1. The van der Waals surface area contributed by atoms with E-state index < -0.39 is 10.0 Å². The van der Waals surface area contributed by atoms with Gasteiger partial charge in [-0.05, 0) is 36.6 Å².